The highest BCUT2D eigenvalue weighted by Gasteiger charge is 2.09. The van der Waals surface area contributed by atoms with Gasteiger partial charge in [0.25, 0.3) is 0 Å². The van der Waals surface area contributed by atoms with Gasteiger partial charge in [-0.1, -0.05) is 25.4 Å². The van der Waals surface area contributed by atoms with Crippen molar-refractivity contribution in [1.29, 1.82) is 0 Å². The molecule has 0 spiro atoms. The molecular weight excluding hydrogens is 215 g/mol. The van der Waals surface area contributed by atoms with Crippen molar-refractivity contribution in [2.45, 2.75) is 19.8 Å². The third kappa shape index (κ3) is 1.92. The van der Waals surface area contributed by atoms with E-state index in [9.17, 15) is 4.39 Å². The zero-order chi connectivity index (χ0) is 11.0. The molecule has 0 saturated carbocycles. The molecule has 78 valence electrons. The fourth-order valence-electron chi connectivity index (χ4n) is 1.34. The second-order valence-corrected chi connectivity index (χ2v) is 4.05. The van der Waals surface area contributed by atoms with Crippen LogP contribution in [0, 0.1) is 5.82 Å². The van der Waals surface area contributed by atoms with Gasteiger partial charge >= 0.3 is 0 Å². The molecule has 2 aromatic rings. The highest BCUT2D eigenvalue weighted by atomic mass is 35.5. The van der Waals surface area contributed by atoms with Crippen molar-refractivity contribution < 1.29 is 4.39 Å². The molecule has 0 aliphatic carbocycles. The average Bonchev–Trinajstić information content (AvgIpc) is 2.16. The molecule has 15 heavy (non-hydrogen) atoms. The van der Waals surface area contributed by atoms with Crippen LogP contribution in [0.4, 0.5) is 4.39 Å². The van der Waals surface area contributed by atoms with Crippen molar-refractivity contribution in [3.05, 3.63) is 35.0 Å². The van der Waals surface area contributed by atoms with Gasteiger partial charge in [-0.3, -0.25) is 0 Å². The summed E-state index contributed by atoms with van der Waals surface area (Å²) in [5.74, 6) is 0.500. The Morgan fingerprint density at radius 3 is 2.67 bits per heavy atom. The molecule has 0 fully saturated rings. The van der Waals surface area contributed by atoms with E-state index in [0.29, 0.717) is 21.9 Å². The molecule has 0 unspecified atom stereocenters. The molecule has 0 aliphatic rings. The first-order chi connectivity index (χ1) is 7.08. The molecule has 1 aromatic carbocycles. The van der Waals surface area contributed by atoms with Crippen molar-refractivity contribution in [2.24, 2.45) is 0 Å². The Bertz CT molecular complexity index is 511. The molecular formula is C11H10ClFN2. The molecule has 1 heterocycles. The van der Waals surface area contributed by atoms with Gasteiger partial charge in [0.1, 0.15) is 16.8 Å². The highest BCUT2D eigenvalue weighted by molar-refractivity contribution is 6.34. The summed E-state index contributed by atoms with van der Waals surface area (Å²) in [6.07, 6.45) is 0. The zero-order valence-electron chi connectivity index (χ0n) is 8.46. The van der Waals surface area contributed by atoms with Gasteiger partial charge in [-0.25, -0.2) is 14.4 Å². The summed E-state index contributed by atoms with van der Waals surface area (Å²) >= 11 is 5.99. The fraction of sp³-hybridized carbons (Fsp3) is 0.273. The van der Waals surface area contributed by atoms with Gasteiger partial charge in [-0.15, -0.1) is 0 Å². The molecule has 0 bridgehead atoms. The number of benzene rings is 1. The standard InChI is InChI=1S/C11H10ClFN2/c1-6(2)11-14-9-5-7(13)3-4-8(9)10(12)15-11/h3-6H,1-2H3. The Balaban J connectivity index is 2.74. The van der Waals surface area contributed by atoms with Gasteiger partial charge in [-0.2, -0.15) is 0 Å². The molecule has 4 heteroatoms. The van der Waals surface area contributed by atoms with Crippen molar-refractivity contribution in [3.63, 3.8) is 0 Å². The lowest BCUT2D eigenvalue weighted by Crippen LogP contribution is -1.98. The van der Waals surface area contributed by atoms with E-state index >= 15 is 0 Å². The fourth-order valence-corrected chi connectivity index (χ4v) is 1.59. The minimum atomic E-state index is -0.313. The normalized spacial score (nSPS) is 11.3. The molecule has 1 aromatic heterocycles. The third-order valence-electron chi connectivity index (χ3n) is 2.15. The predicted molar refractivity (Wildman–Crippen MR) is 58.6 cm³/mol. The summed E-state index contributed by atoms with van der Waals surface area (Å²) in [4.78, 5) is 8.42. The molecule has 0 saturated heterocycles. The first-order valence-electron chi connectivity index (χ1n) is 4.70. The zero-order valence-corrected chi connectivity index (χ0v) is 9.22. The van der Waals surface area contributed by atoms with E-state index in [-0.39, 0.29) is 11.7 Å². The van der Waals surface area contributed by atoms with Crippen LogP contribution in [0.2, 0.25) is 5.15 Å². The summed E-state index contributed by atoms with van der Waals surface area (Å²) in [7, 11) is 0. The van der Waals surface area contributed by atoms with E-state index in [2.05, 4.69) is 9.97 Å². The quantitative estimate of drug-likeness (QED) is 0.693. The van der Waals surface area contributed by atoms with Crippen LogP contribution >= 0.6 is 11.6 Å². The number of nitrogens with zero attached hydrogens (tertiary/aromatic N) is 2. The van der Waals surface area contributed by atoms with E-state index in [1.165, 1.54) is 12.1 Å². The maximum absolute atomic E-state index is 13.0. The summed E-state index contributed by atoms with van der Waals surface area (Å²) in [6, 6.07) is 4.32. The average molecular weight is 225 g/mol. The van der Waals surface area contributed by atoms with Gasteiger partial charge < -0.3 is 0 Å². The van der Waals surface area contributed by atoms with Gasteiger partial charge in [0.2, 0.25) is 0 Å². The number of fused-ring (bicyclic) bond motifs is 1. The van der Waals surface area contributed by atoms with Gasteiger partial charge in [0, 0.05) is 17.4 Å². The van der Waals surface area contributed by atoms with E-state index in [1.54, 1.807) is 6.07 Å². The van der Waals surface area contributed by atoms with Crippen LogP contribution in [0.5, 0.6) is 0 Å². The van der Waals surface area contributed by atoms with Crippen LogP contribution in [0.25, 0.3) is 10.9 Å². The molecule has 0 radical (unpaired) electrons. The summed E-state index contributed by atoms with van der Waals surface area (Å²) < 4.78 is 13.0. The predicted octanol–water partition coefficient (Wildman–Crippen LogP) is 3.55. The maximum atomic E-state index is 13.0. The lowest BCUT2D eigenvalue weighted by molar-refractivity contribution is 0.629. The topological polar surface area (TPSA) is 25.8 Å². The second kappa shape index (κ2) is 3.74. The van der Waals surface area contributed by atoms with Crippen molar-refractivity contribution in [2.75, 3.05) is 0 Å². The number of halogens is 2. The van der Waals surface area contributed by atoms with Crippen molar-refractivity contribution >= 4 is 22.5 Å². The van der Waals surface area contributed by atoms with Crippen molar-refractivity contribution in [3.8, 4) is 0 Å². The summed E-state index contributed by atoms with van der Waals surface area (Å²) in [5, 5.41) is 1.06. The smallest absolute Gasteiger partial charge is 0.140 e. The van der Waals surface area contributed by atoms with Crippen LogP contribution < -0.4 is 0 Å². The highest BCUT2D eigenvalue weighted by Crippen LogP contribution is 2.23. The van der Waals surface area contributed by atoms with Crippen LogP contribution in [-0.4, -0.2) is 9.97 Å². The summed E-state index contributed by atoms with van der Waals surface area (Å²) in [5.41, 5.74) is 0.554. The van der Waals surface area contributed by atoms with Gasteiger partial charge in [0.15, 0.2) is 0 Å². The number of hydrogen-bond donors (Lipinski definition) is 0. The largest absolute Gasteiger partial charge is 0.232 e. The van der Waals surface area contributed by atoms with Crippen LogP contribution in [0.15, 0.2) is 18.2 Å². The first kappa shape index (κ1) is 10.3. The number of rotatable bonds is 1. The third-order valence-corrected chi connectivity index (χ3v) is 2.43. The monoisotopic (exact) mass is 224 g/mol. The summed E-state index contributed by atoms with van der Waals surface area (Å²) in [6.45, 7) is 3.94. The van der Waals surface area contributed by atoms with Gasteiger partial charge in [-0.05, 0) is 12.1 Å². The van der Waals surface area contributed by atoms with E-state index in [4.69, 9.17) is 11.6 Å². The van der Waals surface area contributed by atoms with E-state index < -0.39 is 0 Å². The van der Waals surface area contributed by atoms with Crippen LogP contribution in [-0.2, 0) is 0 Å². The molecule has 2 rings (SSSR count). The van der Waals surface area contributed by atoms with E-state index in [0.717, 1.165) is 0 Å². The molecule has 0 amide bonds. The van der Waals surface area contributed by atoms with Crippen LogP contribution in [0.3, 0.4) is 0 Å². The Hall–Kier alpha value is -1.22. The van der Waals surface area contributed by atoms with Crippen LogP contribution in [0.1, 0.15) is 25.6 Å². The Kier molecular flexibility index (Phi) is 2.57. The Morgan fingerprint density at radius 2 is 2.00 bits per heavy atom. The minimum Gasteiger partial charge on any atom is -0.232 e. The number of hydrogen-bond acceptors (Lipinski definition) is 2. The number of aromatic nitrogens is 2. The Morgan fingerprint density at radius 1 is 1.27 bits per heavy atom. The SMILES string of the molecule is CC(C)c1nc(Cl)c2ccc(F)cc2n1. The molecule has 0 N–H and O–H groups in total. The van der Waals surface area contributed by atoms with Crippen molar-refractivity contribution in [1.82, 2.24) is 9.97 Å². The minimum absolute atomic E-state index is 0.176. The molecule has 0 atom stereocenters. The van der Waals surface area contributed by atoms with Gasteiger partial charge in [0.05, 0.1) is 5.52 Å². The molecule has 0 aliphatic heterocycles. The lowest BCUT2D eigenvalue weighted by atomic mass is 10.2. The maximum Gasteiger partial charge on any atom is 0.140 e. The lowest BCUT2D eigenvalue weighted by Gasteiger charge is -2.06. The second-order valence-electron chi connectivity index (χ2n) is 3.69. The Labute approximate surface area is 92.1 Å². The first-order valence-corrected chi connectivity index (χ1v) is 5.08. The molecule has 2 nitrogen and oxygen atoms in total. The van der Waals surface area contributed by atoms with E-state index in [1.807, 2.05) is 13.8 Å².